The molecule has 1 heterocycles. The third kappa shape index (κ3) is 2.75. The number of rotatable bonds is 4. The van der Waals surface area contributed by atoms with E-state index in [4.69, 9.17) is 19.8 Å². The minimum atomic E-state index is -1.26. The van der Waals surface area contributed by atoms with E-state index in [1.54, 1.807) is 12.1 Å². The summed E-state index contributed by atoms with van der Waals surface area (Å²) in [5.74, 6) is 0.0255. The molecule has 0 aliphatic carbocycles. The summed E-state index contributed by atoms with van der Waals surface area (Å²) in [4.78, 5) is 10.9. The minimum absolute atomic E-state index is 0.0913. The Morgan fingerprint density at radius 1 is 1.65 bits per heavy atom. The predicted molar refractivity (Wildman–Crippen MR) is 72.6 cm³/mol. The van der Waals surface area contributed by atoms with Gasteiger partial charge >= 0.3 is 5.97 Å². The summed E-state index contributed by atoms with van der Waals surface area (Å²) in [6, 6.07) is 5.24. The molecule has 0 bridgehead atoms. The van der Waals surface area contributed by atoms with Crippen molar-refractivity contribution in [2.75, 3.05) is 6.61 Å². The highest BCUT2D eigenvalue weighted by Crippen LogP contribution is 2.36. The first-order valence-corrected chi connectivity index (χ1v) is 6.36. The first-order valence-electron chi connectivity index (χ1n) is 6.36. The number of hydrogen-bond donors (Lipinski definition) is 1. The Hall–Kier alpha value is -2.48. The highest BCUT2D eigenvalue weighted by atomic mass is 16.5. The van der Waals surface area contributed by atoms with Crippen molar-refractivity contribution in [2.45, 2.75) is 26.4 Å². The van der Waals surface area contributed by atoms with E-state index in [9.17, 15) is 4.79 Å². The van der Waals surface area contributed by atoms with E-state index >= 15 is 0 Å². The Balaban J connectivity index is 2.49. The monoisotopic (exact) mass is 273 g/mol. The van der Waals surface area contributed by atoms with Gasteiger partial charge in [0.2, 0.25) is 0 Å². The molecular weight excluding hydrogens is 258 g/mol. The molecule has 0 fully saturated rings. The van der Waals surface area contributed by atoms with E-state index in [0.717, 1.165) is 17.7 Å². The van der Waals surface area contributed by atoms with Crippen molar-refractivity contribution in [3.05, 3.63) is 28.8 Å². The molecule has 104 valence electrons. The molecule has 1 aliphatic heterocycles. The standard InChI is InChI=1S/C15H15NO4/c1-3-19-13-6-10-4-9(2)20-14(10)7-11(13)5-12(8-16)15(17)18/h5-7,9H,3-4H2,1-2H3,(H,17,18)/b12-5-. The zero-order valence-corrected chi connectivity index (χ0v) is 11.3. The maximum atomic E-state index is 10.9. The Morgan fingerprint density at radius 2 is 2.40 bits per heavy atom. The molecule has 5 nitrogen and oxygen atoms in total. The summed E-state index contributed by atoms with van der Waals surface area (Å²) in [6.45, 7) is 4.28. The second-order valence-corrected chi connectivity index (χ2v) is 4.54. The fourth-order valence-corrected chi connectivity index (χ4v) is 2.15. The van der Waals surface area contributed by atoms with Crippen LogP contribution in [0.4, 0.5) is 0 Å². The van der Waals surface area contributed by atoms with E-state index in [0.29, 0.717) is 17.9 Å². The van der Waals surface area contributed by atoms with Gasteiger partial charge in [-0.3, -0.25) is 0 Å². The lowest BCUT2D eigenvalue weighted by Crippen LogP contribution is -2.05. The van der Waals surface area contributed by atoms with Crippen molar-refractivity contribution in [1.82, 2.24) is 0 Å². The molecule has 0 amide bonds. The molecule has 0 radical (unpaired) electrons. The van der Waals surface area contributed by atoms with Crippen LogP contribution in [0.3, 0.4) is 0 Å². The number of carboxylic acids is 1. The first kappa shape index (κ1) is 13.9. The molecule has 1 unspecified atom stereocenters. The highest BCUT2D eigenvalue weighted by molar-refractivity contribution is 5.97. The van der Waals surface area contributed by atoms with Crippen molar-refractivity contribution in [3.8, 4) is 17.6 Å². The second kappa shape index (κ2) is 5.66. The molecule has 5 heteroatoms. The first-order chi connectivity index (χ1) is 9.55. The molecule has 0 saturated carbocycles. The van der Waals surface area contributed by atoms with Crippen LogP contribution in [0, 0.1) is 11.3 Å². The lowest BCUT2D eigenvalue weighted by molar-refractivity contribution is -0.132. The van der Waals surface area contributed by atoms with Gasteiger partial charge in [-0.25, -0.2) is 4.79 Å². The maximum Gasteiger partial charge on any atom is 0.346 e. The molecule has 1 aromatic rings. The number of hydrogen-bond acceptors (Lipinski definition) is 4. The third-order valence-electron chi connectivity index (χ3n) is 2.98. The van der Waals surface area contributed by atoms with E-state index < -0.39 is 5.97 Å². The van der Waals surface area contributed by atoms with Crippen LogP contribution >= 0.6 is 0 Å². The molecule has 0 spiro atoms. The number of benzene rings is 1. The van der Waals surface area contributed by atoms with E-state index in [-0.39, 0.29) is 11.7 Å². The number of nitriles is 1. The number of fused-ring (bicyclic) bond motifs is 1. The lowest BCUT2D eigenvalue weighted by atomic mass is 10.0. The van der Waals surface area contributed by atoms with Crippen molar-refractivity contribution in [1.29, 1.82) is 5.26 Å². The smallest absolute Gasteiger partial charge is 0.346 e. The van der Waals surface area contributed by atoms with Gasteiger partial charge in [-0.15, -0.1) is 0 Å². The van der Waals surface area contributed by atoms with Gasteiger partial charge < -0.3 is 14.6 Å². The van der Waals surface area contributed by atoms with Crippen molar-refractivity contribution >= 4 is 12.0 Å². The van der Waals surface area contributed by atoms with Gasteiger partial charge in [0.25, 0.3) is 0 Å². The van der Waals surface area contributed by atoms with Gasteiger partial charge in [-0.1, -0.05) is 0 Å². The van der Waals surface area contributed by atoms with Gasteiger partial charge in [0.1, 0.15) is 29.2 Å². The Bertz CT molecular complexity index is 613. The quantitative estimate of drug-likeness (QED) is 0.673. The SMILES string of the molecule is CCOc1cc2c(cc1/C=C(/C#N)C(=O)O)OC(C)C2. The molecular formula is C15H15NO4. The molecule has 1 aromatic carbocycles. The summed E-state index contributed by atoms with van der Waals surface area (Å²) in [6.07, 6.45) is 2.19. The van der Waals surface area contributed by atoms with Gasteiger partial charge in [0.05, 0.1) is 6.61 Å². The van der Waals surface area contributed by atoms with Gasteiger partial charge in [-0.2, -0.15) is 5.26 Å². The second-order valence-electron chi connectivity index (χ2n) is 4.54. The zero-order valence-electron chi connectivity index (χ0n) is 11.3. The fraction of sp³-hybridized carbons (Fsp3) is 0.333. The number of aliphatic carboxylic acids is 1. The average molecular weight is 273 g/mol. The summed E-state index contributed by atoms with van der Waals surface area (Å²) in [5.41, 5.74) is 1.24. The predicted octanol–water partition coefficient (Wildman–Crippen LogP) is 2.40. The number of nitrogens with zero attached hydrogens (tertiary/aromatic N) is 1. The molecule has 2 rings (SSSR count). The van der Waals surface area contributed by atoms with Crippen LogP contribution in [0.15, 0.2) is 17.7 Å². The molecule has 1 atom stereocenters. The maximum absolute atomic E-state index is 10.9. The van der Waals surface area contributed by atoms with Crippen LogP contribution in [-0.2, 0) is 11.2 Å². The normalized spacial score (nSPS) is 17.1. The Morgan fingerprint density at radius 3 is 3.00 bits per heavy atom. The van der Waals surface area contributed by atoms with Crippen molar-refractivity contribution in [3.63, 3.8) is 0 Å². The van der Waals surface area contributed by atoms with Crippen LogP contribution in [0.1, 0.15) is 25.0 Å². The molecule has 20 heavy (non-hydrogen) atoms. The molecule has 1 N–H and O–H groups in total. The zero-order chi connectivity index (χ0) is 14.7. The largest absolute Gasteiger partial charge is 0.493 e. The third-order valence-corrected chi connectivity index (χ3v) is 2.98. The number of ether oxygens (including phenoxy) is 2. The minimum Gasteiger partial charge on any atom is -0.493 e. The highest BCUT2D eigenvalue weighted by Gasteiger charge is 2.22. The summed E-state index contributed by atoms with van der Waals surface area (Å²) < 4.78 is 11.2. The van der Waals surface area contributed by atoms with Crippen LogP contribution in [0.2, 0.25) is 0 Å². The van der Waals surface area contributed by atoms with Gasteiger partial charge in [0, 0.05) is 17.5 Å². The van der Waals surface area contributed by atoms with Crippen molar-refractivity contribution in [2.24, 2.45) is 0 Å². The molecule has 0 aromatic heterocycles. The van der Waals surface area contributed by atoms with E-state index in [1.165, 1.54) is 6.08 Å². The topological polar surface area (TPSA) is 79.5 Å². The number of carbonyl (C=O) groups is 1. The Kier molecular flexibility index (Phi) is 3.94. The van der Waals surface area contributed by atoms with Crippen molar-refractivity contribution < 1.29 is 19.4 Å². The van der Waals surface area contributed by atoms with E-state index in [1.807, 2.05) is 19.9 Å². The molecule has 1 aliphatic rings. The summed E-state index contributed by atoms with van der Waals surface area (Å²) >= 11 is 0. The summed E-state index contributed by atoms with van der Waals surface area (Å²) in [5, 5.41) is 17.8. The van der Waals surface area contributed by atoms with Crippen LogP contribution in [-0.4, -0.2) is 23.8 Å². The van der Waals surface area contributed by atoms with E-state index in [2.05, 4.69) is 0 Å². The Labute approximate surface area is 117 Å². The summed E-state index contributed by atoms with van der Waals surface area (Å²) in [7, 11) is 0. The fourth-order valence-electron chi connectivity index (χ4n) is 2.15. The van der Waals surface area contributed by atoms with Crippen LogP contribution in [0.5, 0.6) is 11.5 Å². The van der Waals surface area contributed by atoms with Gasteiger partial charge in [-0.05, 0) is 32.1 Å². The number of carboxylic acid groups (broad SMARTS) is 1. The van der Waals surface area contributed by atoms with Gasteiger partial charge in [0.15, 0.2) is 0 Å². The average Bonchev–Trinajstić information content (AvgIpc) is 2.74. The molecule has 0 saturated heterocycles. The van der Waals surface area contributed by atoms with Crippen LogP contribution < -0.4 is 9.47 Å². The lowest BCUT2D eigenvalue weighted by Gasteiger charge is -2.10. The van der Waals surface area contributed by atoms with Crippen LogP contribution in [0.25, 0.3) is 6.08 Å².